The van der Waals surface area contributed by atoms with Gasteiger partial charge in [-0.1, -0.05) is 26.0 Å². The Kier molecular flexibility index (Phi) is 3.50. The van der Waals surface area contributed by atoms with Gasteiger partial charge in [-0.3, -0.25) is 0 Å². The van der Waals surface area contributed by atoms with Gasteiger partial charge in [0.05, 0.1) is 0 Å². The van der Waals surface area contributed by atoms with E-state index in [9.17, 15) is 0 Å². The zero-order valence-corrected chi connectivity index (χ0v) is 10.5. The average Bonchev–Trinajstić information content (AvgIpc) is 2.18. The van der Waals surface area contributed by atoms with Crippen LogP contribution < -0.4 is 0 Å². The number of hydrogen-bond acceptors (Lipinski definition) is 1. The number of rotatable bonds is 3. The smallest absolute Gasteiger partial charge is 0.0428 e. The minimum Gasteiger partial charge on any atom is -0.154 e. The lowest BCUT2D eigenvalue weighted by Gasteiger charge is -2.20. The van der Waals surface area contributed by atoms with E-state index in [1.807, 2.05) is 11.8 Å². The van der Waals surface area contributed by atoms with Crippen molar-refractivity contribution >= 4 is 11.8 Å². The van der Waals surface area contributed by atoms with Crippen LogP contribution in [0, 0.1) is 12.1 Å². The van der Waals surface area contributed by atoms with Gasteiger partial charge in [-0.25, -0.2) is 0 Å². The highest BCUT2D eigenvalue weighted by molar-refractivity contribution is 7.99. The van der Waals surface area contributed by atoms with Crippen molar-refractivity contribution in [1.29, 1.82) is 0 Å². The molecule has 0 unspecified atom stereocenters. The summed E-state index contributed by atoms with van der Waals surface area (Å²) in [6.45, 7) is 8.79. The van der Waals surface area contributed by atoms with Crippen LogP contribution in [0.2, 0.25) is 0 Å². The summed E-state index contributed by atoms with van der Waals surface area (Å²) < 4.78 is 0.145. The maximum atomic E-state index is 3.26. The van der Waals surface area contributed by atoms with Crippen molar-refractivity contribution in [3.05, 3.63) is 35.4 Å². The number of thioether (sulfide) groups is 1. The molecule has 0 aliphatic carbocycles. The van der Waals surface area contributed by atoms with Crippen molar-refractivity contribution in [1.82, 2.24) is 0 Å². The molecule has 0 heterocycles. The van der Waals surface area contributed by atoms with Gasteiger partial charge in [0.1, 0.15) is 0 Å². The van der Waals surface area contributed by atoms with Gasteiger partial charge in [0, 0.05) is 15.9 Å². The SMILES string of the molecule is CSC(C)(C)c1c#cc(C(C)C)cc1. The first-order valence-corrected chi connectivity index (χ1v) is 6.19. The minimum atomic E-state index is 0.145. The highest BCUT2D eigenvalue weighted by Gasteiger charge is 2.18. The summed E-state index contributed by atoms with van der Waals surface area (Å²) in [4.78, 5) is 0. The predicted octanol–water partition coefficient (Wildman–Crippen LogP) is 4.01. The lowest BCUT2D eigenvalue weighted by molar-refractivity contribution is 0.783. The summed E-state index contributed by atoms with van der Waals surface area (Å²) in [5.74, 6) is 0.540. The van der Waals surface area contributed by atoms with E-state index < -0.39 is 0 Å². The van der Waals surface area contributed by atoms with Crippen LogP contribution in [0.15, 0.2) is 12.1 Å². The quantitative estimate of drug-likeness (QED) is 0.720. The highest BCUT2D eigenvalue weighted by atomic mass is 32.2. The fourth-order valence-electron chi connectivity index (χ4n) is 1.19. The van der Waals surface area contributed by atoms with E-state index in [0.29, 0.717) is 5.92 Å². The van der Waals surface area contributed by atoms with E-state index in [2.05, 4.69) is 58.2 Å². The fourth-order valence-corrected chi connectivity index (χ4v) is 1.53. The van der Waals surface area contributed by atoms with Gasteiger partial charge >= 0.3 is 0 Å². The van der Waals surface area contributed by atoms with Crippen LogP contribution in [0.5, 0.6) is 0 Å². The average molecular weight is 206 g/mol. The van der Waals surface area contributed by atoms with E-state index in [0.717, 1.165) is 0 Å². The van der Waals surface area contributed by atoms with Gasteiger partial charge in [-0.05, 0) is 38.2 Å². The second-order valence-corrected chi connectivity index (χ2v) is 5.75. The van der Waals surface area contributed by atoms with Crippen LogP contribution in [0.4, 0.5) is 0 Å². The molecule has 0 spiro atoms. The Bertz CT molecular complexity index is 283. The molecule has 0 saturated heterocycles. The maximum Gasteiger partial charge on any atom is 0.0428 e. The van der Waals surface area contributed by atoms with E-state index in [1.165, 1.54) is 11.1 Å². The van der Waals surface area contributed by atoms with Gasteiger partial charge in [0.25, 0.3) is 0 Å². The van der Waals surface area contributed by atoms with Crippen molar-refractivity contribution in [2.45, 2.75) is 38.4 Å². The molecule has 1 rings (SSSR count). The summed E-state index contributed by atoms with van der Waals surface area (Å²) >= 11 is 1.84. The standard InChI is InChI=1S/C13H18S/c1-10(2)11-6-8-12(9-7-11)13(3,4)14-5/h6,8,10H,1-5H3. The van der Waals surface area contributed by atoms with E-state index in [1.54, 1.807) is 0 Å². The molecule has 1 aromatic rings. The predicted molar refractivity (Wildman–Crippen MR) is 64.7 cm³/mol. The molecule has 0 saturated carbocycles. The largest absolute Gasteiger partial charge is 0.154 e. The highest BCUT2D eigenvalue weighted by Crippen LogP contribution is 2.32. The normalized spacial score (nSPS) is 11.6. The first-order chi connectivity index (χ1) is 6.47. The van der Waals surface area contributed by atoms with Crippen molar-refractivity contribution in [3.63, 3.8) is 0 Å². The van der Waals surface area contributed by atoms with E-state index in [-0.39, 0.29) is 4.75 Å². The molecule has 0 aromatic heterocycles. The van der Waals surface area contributed by atoms with Crippen molar-refractivity contribution in [2.24, 2.45) is 0 Å². The second-order valence-electron chi connectivity index (χ2n) is 4.32. The molecule has 1 aromatic carbocycles. The van der Waals surface area contributed by atoms with Crippen molar-refractivity contribution in [2.75, 3.05) is 6.26 Å². The zero-order valence-electron chi connectivity index (χ0n) is 9.64. The maximum absolute atomic E-state index is 3.26. The fraction of sp³-hybridized carbons (Fsp3) is 0.538. The molecule has 0 aliphatic rings. The third kappa shape index (κ3) is 2.45. The van der Waals surface area contributed by atoms with Gasteiger partial charge in [-0.15, -0.1) is 0 Å². The molecule has 14 heavy (non-hydrogen) atoms. The van der Waals surface area contributed by atoms with Crippen LogP contribution in [0.25, 0.3) is 0 Å². The molecule has 0 bridgehead atoms. The van der Waals surface area contributed by atoms with Gasteiger partial charge < -0.3 is 0 Å². The summed E-state index contributed by atoms with van der Waals surface area (Å²) in [5, 5.41) is 0. The molecule has 1 heteroatoms. The van der Waals surface area contributed by atoms with Crippen LogP contribution in [-0.4, -0.2) is 6.26 Å². The Balaban J connectivity index is 2.94. The Morgan fingerprint density at radius 2 is 1.86 bits per heavy atom. The molecular weight excluding hydrogens is 188 g/mol. The molecule has 0 amide bonds. The molecule has 0 nitrogen and oxygen atoms in total. The topological polar surface area (TPSA) is 0 Å². The third-order valence-electron chi connectivity index (χ3n) is 2.55. The first kappa shape index (κ1) is 11.5. The molecule has 76 valence electrons. The van der Waals surface area contributed by atoms with Crippen LogP contribution in [0.3, 0.4) is 0 Å². The molecule has 0 aliphatic heterocycles. The lowest BCUT2D eigenvalue weighted by atomic mass is 10.00. The van der Waals surface area contributed by atoms with Crippen molar-refractivity contribution in [3.8, 4) is 0 Å². The first-order valence-electron chi connectivity index (χ1n) is 4.97. The molecular formula is C13H18S. The summed E-state index contributed by atoms with van der Waals surface area (Å²) in [6, 6.07) is 10.8. The molecule has 0 atom stereocenters. The summed E-state index contributed by atoms with van der Waals surface area (Å²) in [7, 11) is 0. The summed E-state index contributed by atoms with van der Waals surface area (Å²) in [6.07, 6.45) is 2.13. The molecule has 0 N–H and O–H groups in total. The number of hydrogen-bond donors (Lipinski definition) is 0. The van der Waals surface area contributed by atoms with Gasteiger partial charge in [0.15, 0.2) is 0 Å². The van der Waals surface area contributed by atoms with Gasteiger partial charge in [0.2, 0.25) is 0 Å². The Morgan fingerprint density at radius 3 is 2.21 bits per heavy atom. The van der Waals surface area contributed by atoms with Crippen LogP contribution >= 0.6 is 11.8 Å². The van der Waals surface area contributed by atoms with Gasteiger partial charge in [-0.2, -0.15) is 11.8 Å². The van der Waals surface area contributed by atoms with E-state index in [4.69, 9.17) is 0 Å². The minimum absolute atomic E-state index is 0.145. The van der Waals surface area contributed by atoms with Crippen LogP contribution in [0.1, 0.15) is 44.7 Å². The second kappa shape index (κ2) is 4.28. The van der Waals surface area contributed by atoms with Crippen molar-refractivity contribution < 1.29 is 0 Å². The third-order valence-corrected chi connectivity index (χ3v) is 3.79. The van der Waals surface area contributed by atoms with E-state index >= 15 is 0 Å². The molecule has 0 fully saturated rings. The van der Waals surface area contributed by atoms with Crippen LogP contribution in [-0.2, 0) is 4.75 Å². The Morgan fingerprint density at radius 1 is 1.21 bits per heavy atom. The zero-order chi connectivity index (χ0) is 10.8. The lowest BCUT2D eigenvalue weighted by Crippen LogP contribution is -2.10. The summed E-state index contributed by atoms with van der Waals surface area (Å²) in [5.41, 5.74) is 2.47. The Labute approximate surface area is 92.1 Å². The molecule has 0 radical (unpaired) electrons. The Hall–Kier alpha value is -0.610. The monoisotopic (exact) mass is 206 g/mol.